The number of ether oxygens (including phenoxy) is 1. The molecule has 3 atom stereocenters. The van der Waals surface area contributed by atoms with Crippen LogP contribution >= 0.6 is 0 Å². The molecule has 0 saturated heterocycles. The van der Waals surface area contributed by atoms with Crippen LogP contribution in [0.3, 0.4) is 0 Å². The maximum absolute atomic E-state index is 14.7. The standard InChI is InChI=1S/C21H23F4N3O2/c1-12-6-13(9-21(23,24)25)2-3-17(12)27-20(29)14-7-15-18-10-26-11-28(18)4-5-30-19(15)16(22)8-14/h7-8,10-13,17H,2-6,9H2,1H3,(H,27,29)/t12-,13?,17+/m1/s1. The number of aromatic nitrogens is 2. The van der Waals surface area contributed by atoms with Crippen LogP contribution in [0.2, 0.25) is 0 Å². The van der Waals surface area contributed by atoms with Gasteiger partial charge in [-0.15, -0.1) is 0 Å². The first-order valence-electron chi connectivity index (χ1n) is 10.1. The zero-order chi connectivity index (χ0) is 21.5. The zero-order valence-corrected chi connectivity index (χ0v) is 16.5. The van der Waals surface area contributed by atoms with Crippen molar-refractivity contribution in [3.63, 3.8) is 0 Å². The number of rotatable bonds is 3. The highest BCUT2D eigenvalue weighted by Crippen LogP contribution is 2.38. The number of hydrogen-bond donors (Lipinski definition) is 1. The maximum atomic E-state index is 14.7. The van der Waals surface area contributed by atoms with Gasteiger partial charge in [-0.05, 0) is 43.2 Å². The van der Waals surface area contributed by atoms with Crippen LogP contribution < -0.4 is 10.1 Å². The van der Waals surface area contributed by atoms with Crippen LogP contribution in [0.4, 0.5) is 17.6 Å². The molecule has 1 amide bonds. The molecule has 0 radical (unpaired) electrons. The lowest BCUT2D eigenvalue weighted by Gasteiger charge is -2.35. The molecule has 1 N–H and O–H groups in total. The molecule has 5 nitrogen and oxygen atoms in total. The molecule has 0 spiro atoms. The van der Waals surface area contributed by atoms with Gasteiger partial charge < -0.3 is 14.6 Å². The molecule has 1 aliphatic carbocycles. The molecule has 0 bridgehead atoms. The molecule has 4 rings (SSSR count). The van der Waals surface area contributed by atoms with Gasteiger partial charge in [0.15, 0.2) is 11.6 Å². The predicted molar refractivity (Wildman–Crippen MR) is 102 cm³/mol. The highest BCUT2D eigenvalue weighted by molar-refractivity contribution is 5.96. The summed E-state index contributed by atoms with van der Waals surface area (Å²) < 4.78 is 60.0. The van der Waals surface area contributed by atoms with Gasteiger partial charge in [-0.2, -0.15) is 13.2 Å². The smallest absolute Gasteiger partial charge is 0.389 e. The summed E-state index contributed by atoms with van der Waals surface area (Å²) in [6.07, 6.45) is -0.471. The summed E-state index contributed by atoms with van der Waals surface area (Å²) in [4.78, 5) is 16.9. The van der Waals surface area contributed by atoms with Crippen molar-refractivity contribution >= 4 is 5.91 Å². The lowest BCUT2D eigenvalue weighted by molar-refractivity contribution is -0.147. The van der Waals surface area contributed by atoms with Crippen molar-refractivity contribution in [2.45, 2.75) is 51.4 Å². The van der Waals surface area contributed by atoms with E-state index in [4.69, 9.17) is 4.74 Å². The van der Waals surface area contributed by atoms with Crippen molar-refractivity contribution < 1.29 is 27.1 Å². The molecule has 1 saturated carbocycles. The third-order valence-corrected chi connectivity index (χ3v) is 5.99. The average molecular weight is 425 g/mol. The van der Waals surface area contributed by atoms with Gasteiger partial charge in [0.05, 0.1) is 24.8 Å². The van der Waals surface area contributed by atoms with Crippen LogP contribution in [-0.4, -0.2) is 34.3 Å². The minimum Gasteiger partial charge on any atom is -0.488 e. The second-order valence-corrected chi connectivity index (χ2v) is 8.21. The summed E-state index contributed by atoms with van der Waals surface area (Å²) in [5, 5.41) is 2.89. The molecule has 1 unspecified atom stereocenters. The summed E-state index contributed by atoms with van der Waals surface area (Å²) in [6, 6.07) is 2.47. The van der Waals surface area contributed by atoms with Crippen LogP contribution in [0.25, 0.3) is 11.3 Å². The molecule has 2 aliphatic rings. The van der Waals surface area contributed by atoms with Gasteiger partial charge in [-0.1, -0.05) is 6.92 Å². The molecule has 1 fully saturated rings. The number of amides is 1. The molecule has 2 aromatic rings. The van der Waals surface area contributed by atoms with Gasteiger partial charge in [-0.3, -0.25) is 4.79 Å². The van der Waals surface area contributed by atoms with E-state index in [9.17, 15) is 22.4 Å². The molecule has 30 heavy (non-hydrogen) atoms. The molecule has 1 aromatic heterocycles. The maximum Gasteiger partial charge on any atom is 0.389 e. The van der Waals surface area contributed by atoms with Gasteiger partial charge in [0.2, 0.25) is 0 Å². The third-order valence-electron chi connectivity index (χ3n) is 5.99. The molecular weight excluding hydrogens is 402 g/mol. The van der Waals surface area contributed by atoms with Gasteiger partial charge in [0.1, 0.15) is 6.61 Å². The fourth-order valence-corrected chi connectivity index (χ4v) is 4.52. The van der Waals surface area contributed by atoms with Gasteiger partial charge in [-0.25, -0.2) is 9.37 Å². The third kappa shape index (κ3) is 4.29. The van der Waals surface area contributed by atoms with E-state index in [1.807, 2.05) is 11.5 Å². The predicted octanol–water partition coefficient (Wildman–Crippen LogP) is 4.57. The van der Waals surface area contributed by atoms with Crippen LogP contribution in [0.1, 0.15) is 43.0 Å². The van der Waals surface area contributed by atoms with E-state index in [-0.39, 0.29) is 29.9 Å². The number of halogens is 4. The van der Waals surface area contributed by atoms with E-state index >= 15 is 0 Å². The molecule has 2 heterocycles. The Hall–Kier alpha value is -2.58. The SMILES string of the molecule is C[C@@H]1CC(CC(F)(F)F)CC[C@@H]1NC(=O)c1cc(F)c2c(c1)-c1cncn1CCO2. The summed E-state index contributed by atoms with van der Waals surface area (Å²) in [7, 11) is 0. The lowest BCUT2D eigenvalue weighted by Crippen LogP contribution is -2.43. The number of nitrogens with zero attached hydrogens (tertiary/aromatic N) is 2. The molecule has 9 heteroatoms. The fraction of sp³-hybridized carbons (Fsp3) is 0.524. The van der Waals surface area contributed by atoms with E-state index in [1.165, 1.54) is 0 Å². The highest BCUT2D eigenvalue weighted by Gasteiger charge is 2.36. The van der Waals surface area contributed by atoms with E-state index in [1.54, 1.807) is 18.6 Å². The Morgan fingerprint density at radius 2 is 2.13 bits per heavy atom. The summed E-state index contributed by atoms with van der Waals surface area (Å²) >= 11 is 0. The monoisotopic (exact) mass is 425 g/mol. The number of nitrogens with one attached hydrogen (secondary N) is 1. The largest absolute Gasteiger partial charge is 0.488 e. The van der Waals surface area contributed by atoms with Gasteiger partial charge in [0.25, 0.3) is 5.91 Å². The van der Waals surface area contributed by atoms with Gasteiger partial charge in [0, 0.05) is 23.6 Å². The summed E-state index contributed by atoms with van der Waals surface area (Å²) in [6.45, 7) is 2.65. The number of imidazole rings is 1. The number of fused-ring (bicyclic) bond motifs is 3. The van der Waals surface area contributed by atoms with Crippen molar-refractivity contribution in [2.75, 3.05) is 6.61 Å². The molecule has 162 valence electrons. The topological polar surface area (TPSA) is 56.2 Å². The zero-order valence-electron chi connectivity index (χ0n) is 16.5. The summed E-state index contributed by atoms with van der Waals surface area (Å²) in [5.41, 5.74) is 1.27. The average Bonchev–Trinajstić information content (AvgIpc) is 3.05. The minimum absolute atomic E-state index is 0.0897. The van der Waals surface area contributed by atoms with Crippen LogP contribution in [0.15, 0.2) is 24.7 Å². The molecular formula is C21H23F4N3O2. The van der Waals surface area contributed by atoms with E-state index in [0.29, 0.717) is 37.1 Å². The molecule has 1 aromatic carbocycles. The number of carbonyl (C=O) groups is 1. The fourth-order valence-electron chi connectivity index (χ4n) is 4.52. The van der Waals surface area contributed by atoms with Crippen molar-refractivity contribution in [1.29, 1.82) is 0 Å². The van der Waals surface area contributed by atoms with Crippen molar-refractivity contribution in [3.05, 3.63) is 36.0 Å². The number of carbonyl (C=O) groups excluding carboxylic acids is 1. The quantitative estimate of drug-likeness (QED) is 0.733. The normalized spacial score (nSPS) is 23.7. The number of alkyl halides is 3. The first-order chi connectivity index (χ1) is 14.2. The van der Waals surface area contributed by atoms with Crippen molar-refractivity contribution in [2.24, 2.45) is 11.8 Å². The van der Waals surface area contributed by atoms with E-state index < -0.39 is 30.2 Å². The Morgan fingerprint density at radius 3 is 2.87 bits per heavy atom. The van der Waals surface area contributed by atoms with Crippen LogP contribution in [0.5, 0.6) is 5.75 Å². The van der Waals surface area contributed by atoms with E-state index in [0.717, 1.165) is 6.07 Å². The second kappa shape index (κ2) is 7.92. The second-order valence-electron chi connectivity index (χ2n) is 8.21. The van der Waals surface area contributed by atoms with Crippen LogP contribution in [-0.2, 0) is 6.54 Å². The Kier molecular flexibility index (Phi) is 5.46. The first-order valence-corrected chi connectivity index (χ1v) is 10.1. The number of benzene rings is 1. The van der Waals surface area contributed by atoms with E-state index in [2.05, 4.69) is 10.3 Å². The van der Waals surface area contributed by atoms with Crippen molar-refractivity contribution in [3.8, 4) is 17.0 Å². The number of hydrogen-bond acceptors (Lipinski definition) is 3. The Morgan fingerprint density at radius 1 is 1.33 bits per heavy atom. The lowest BCUT2D eigenvalue weighted by atomic mass is 9.77. The summed E-state index contributed by atoms with van der Waals surface area (Å²) in [5.74, 6) is -1.50. The van der Waals surface area contributed by atoms with Crippen LogP contribution in [0, 0.1) is 17.7 Å². The molecule has 1 aliphatic heterocycles. The van der Waals surface area contributed by atoms with Gasteiger partial charge >= 0.3 is 6.18 Å². The highest BCUT2D eigenvalue weighted by atomic mass is 19.4. The minimum atomic E-state index is -4.17. The Balaban J connectivity index is 1.50. The Labute approximate surface area is 171 Å². The van der Waals surface area contributed by atoms with Crippen molar-refractivity contribution in [1.82, 2.24) is 14.9 Å². The first kappa shape index (κ1) is 20.7. The Bertz CT molecular complexity index is 941.